The zero-order chi connectivity index (χ0) is 15.2. The summed E-state index contributed by atoms with van der Waals surface area (Å²) in [7, 11) is 0. The van der Waals surface area contributed by atoms with E-state index in [2.05, 4.69) is 15.4 Å². The molecule has 120 valence electrons. The highest BCUT2D eigenvalue weighted by molar-refractivity contribution is 5.93. The molecule has 6 nitrogen and oxygen atoms in total. The maximum atomic E-state index is 11.9. The number of rotatable bonds is 6. The Hall–Kier alpha value is -1.92. The summed E-state index contributed by atoms with van der Waals surface area (Å²) >= 11 is 0. The van der Waals surface area contributed by atoms with Crippen LogP contribution < -0.4 is 11.1 Å². The number of aryl methyl sites for hydroxylation is 2. The van der Waals surface area contributed by atoms with Crippen LogP contribution in [-0.2, 0) is 17.8 Å². The van der Waals surface area contributed by atoms with Crippen LogP contribution in [-0.4, -0.2) is 26.7 Å². The van der Waals surface area contributed by atoms with Crippen molar-refractivity contribution in [2.75, 3.05) is 5.32 Å². The fraction of sp³-hybridized carbons (Fsp3) is 0.400. The van der Waals surface area contributed by atoms with Gasteiger partial charge in [0.15, 0.2) is 5.82 Å². The van der Waals surface area contributed by atoms with Crippen LogP contribution in [0.15, 0.2) is 36.8 Å². The van der Waals surface area contributed by atoms with Gasteiger partial charge in [-0.25, -0.2) is 0 Å². The van der Waals surface area contributed by atoms with Gasteiger partial charge in [0.1, 0.15) is 0 Å². The molecule has 2 rings (SSSR count). The molecule has 0 bridgehead atoms. The topological polar surface area (TPSA) is 85.8 Å². The molecule has 1 atom stereocenters. The maximum Gasteiger partial charge on any atom is 0.242 e. The smallest absolute Gasteiger partial charge is 0.242 e. The summed E-state index contributed by atoms with van der Waals surface area (Å²) < 4.78 is 1.80. The van der Waals surface area contributed by atoms with E-state index >= 15 is 0 Å². The molecule has 0 aromatic carbocycles. The second-order valence-electron chi connectivity index (χ2n) is 5.33. The molecule has 0 aliphatic rings. The molecule has 0 spiro atoms. The lowest BCUT2D eigenvalue weighted by Crippen LogP contribution is -2.39. The summed E-state index contributed by atoms with van der Waals surface area (Å²) in [5.74, 6) is 0.425. The van der Waals surface area contributed by atoms with Crippen molar-refractivity contribution in [2.45, 2.75) is 32.9 Å². The van der Waals surface area contributed by atoms with Gasteiger partial charge >= 0.3 is 0 Å². The summed E-state index contributed by atoms with van der Waals surface area (Å²) in [6.45, 7) is 4.57. The summed E-state index contributed by atoms with van der Waals surface area (Å²) in [5.41, 5.74) is 7.00. The highest BCUT2D eigenvalue weighted by atomic mass is 35.5. The molecule has 3 N–H and O–H groups in total. The lowest BCUT2D eigenvalue weighted by atomic mass is 10.1. The van der Waals surface area contributed by atoms with E-state index in [0.29, 0.717) is 5.82 Å². The number of pyridine rings is 1. The zero-order valence-corrected chi connectivity index (χ0v) is 13.6. The quantitative estimate of drug-likeness (QED) is 0.849. The molecule has 0 radical (unpaired) electrons. The van der Waals surface area contributed by atoms with E-state index in [-0.39, 0.29) is 24.2 Å². The van der Waals surface area contributed by atoms with Crippen LogP contribution in [0.1, 0.15) is 19.4 Å². The Kier molecular flexibility index (Phi) is 7.01. The van der Waals surface area contributed by atoms with Crippen LogP contribution in [0.3, 0.4) is 0 Å². The summed E-state index contributed by atoms with van der Waals surface area (Å²) in [5, 5.41) is 7.06. The predicted molar refractivity (Wildman–Crippen MR) is 88.9 cm³/mol. The van der Waals surface area contributed by atoms with Crippen molar-refractivity contribution < 1.29 is 4.79 Å². The molecule has 2 aromatic rings. The van der Waals surface area contributed by atoms with E-state index in [1.165, 1.54) is 5.56 Å². The van der Waals surface area contributed by atoms with E-state index in [9.17, 15) is 4.79 Å². The van der Waals surface area contributed by atoms with E-state index in [0.717, 1.165) is 13.0 Å². The molecule has 0 saturated heterocycles. The second-order valence-corrected chi connectivity index (χ2v) is 5.33. The Morgan fingerprint density at radius 3 is 2.64 bits per heavy atom. The van der Waals surface area contributed by atoms with Gasteiger partial charge in [0, 0.05) is 31.2 Å². The molecule has 0 unspecified atom stereocenters. The van der Waals surface area contributed by atoms with Gasteiger partial charge in [0.2, 0.25) is 5.91 Å². The zero-order valence-electron chi connectivity index (χ0n) is 12.8. The third kappa shape index (κ3) is 5.13. The molecule has 22 heavy (non-hydrogen) atoms. The number of nitrogens with two attached hydrogens (primary N) is 1. The van der Waals surface area contributed by atoms with Crippen LogP contribution in [0.25, 0.3) is 0 Å². The first-order valence-corrected chi connectivity index (χ1v) is 7.05. The Morgan fingerprint density at radius 1 is 1.32 bits per heavy atom. The number of amides is 1. The van der Waals surface area contributed by atoms with Gasteiger partial charge in [-0.15, -0.1) is 12.4 Å². The van der Waals surface area contributed by atoms with Gasteiger partial charge in [0.05, 0.1) is 6.04 Å². The average molecular weight is 324 g/mol. The Bertz CT molecular complexity index is 585. The first-order chi connectivity index (χ1) is 10.1. The SMILES string of the molecule is CC(C)[C@H](N)C(=O)Nc1ccn(CCc2ccncc2)n1.Cl. The fourth-order valence-electron chi connectivity index (χ4n) is 1.86. The van der Waals surface area contributed by atoms with Crippen molar-refractivity contribution in [2.24, 2.45) is 11.7 Å². The maximum absolute atomic E-state index is 11.9. The summed E-state index contributed by atoms with van der Waals surface area (Å²) in [6.07, 6.45) is 6.26. The van der Waals surface area contributed by atoms with E-state index in [1.54, 1.807) is 23.1 Å². The first-order valence-electron chi connectivity index (χ1n) is 7.05. The van der Waals surface area contributed by atoms with Gasteiger partial charge in [0.25, 0.3) is 0 Å². The second kappa shape index (κ2) is 8.51. The molecule has 1 amide bonds. The number of aromatic nitrogens is 3. The first kappa shape index (κ1) is 18.1. The van der Waals surface area contributed by atoms with E-state index < -0.39 is 6.04 Å². The fourth-order valence-corrected chi connectivity index (χ4v) is 1.86. The van der Waals surface area contributed by atoms with E-state index in [4.69, 9.17) is 5.73 Å². The average Bonchev–Trinajstić information content (AvgIpc) is 2.92. The molecule has 0 fully saturated rings. The number of halogens is 1. The summed E-state index contributed by atoms with van der Waals surface area (Å²) in [4.78, 5) is 15.8. The van der Waals surface area contributed by atoms with Crippen molar-refractivity contribution >= 4 is 24.1 Å². The standard InChI is InChI=1S/C15H21N5O.ClH/c1-11(2)14(16)15(21)18-13-6-10-20(19-13)9-5-12-3-7-17-8-4-12;/h3-4,6-8,10-11,14H,5,9,16H2,1-2H3,(H,18,19,21);1H/t14-;/m0./s1. The van der Waals surface area contributed by atoms with Crippen molar-refractivity contribution in [3.05, 3.63) is 42.4 Å². The van der Waals surface area contributed by atoms with Crippen LogP contribution in [0.2, 0.25) is 0 Å². The number of hydrogen-bond donors (Lipinski definition) is 2. The molecule has 2 aromatic heterocycles. The minimum absolute atomic E-state index is 0. The largest absolute Gasteiger partial charge is 0.320 e. The predicted octanol–water partition coefficient (Wildman–Crippen LogP) is 1.86. The number of carbonyl (C=O) groups excluding carboxylic acids is 1. The lowest BCUT2D eigenvalue weighted by Gasteiger charge is -2.13. The Balaban J connectivity index is 0.00000242. The molecule has 7 heteroatoms. The number of nitrogens with one attached hydrogen (secondary N) is 1. The van der Waals surface area contributed by atoms with Gasteiger partial charge < -0.3 is 11.1 Å². The van der Waals surface area contributed by atoms with Crippen molar-refractivity contribution in [1.82, 2.24) is 14.8 Å². The van der Waals surface area contributed by atoms with Gasteiger partial charge in [-0.3, -0.25) is 14.5 Å². The minimum atomic E-state index is -0.521. The third-order valence-corrected chi connectivity index (χ3v) is 3.29. The third-order valence-electron chi connectivity index (χ3n) is 3.29. The monoisotopic (exact) mass is 323 g/mol. The van der Waals surface area contributed by atoms with Crippen molar-refractivity contribution in [3.63, 3.8) is 0 Å². The van der Waals surface area contributed by atoms with Gasteiger partial charge in [-0.2, -0.15) is 5.10 Å². The van der Waals surface area contributed by atoms with Crippen LogP contribution >= 0.6 is 12.4 Å². The van der Waals surface area contributed by atoms with Crippen molar-refractivity contribution in [1.29, 1.82) is 0 Å². The van der Waals surface area contributed by atoms with Crippen LogP contribution in [0, 0.1) is 5.92 Å². The molecular weight excluding hydrogens is 302 g/mol. The number of nitrogens with zero attached hydrogens (tertiary/aromatic N) is 3. The lowest BCUT2D eigenvalue weighted by molar-refractivity contribution is -0.118. The normalized spacial score (nSPS) is 11.8. The van der Waals surface area contributed by atoms with Crippen molar-refractivity contribution in [3.8, 4) is 0 Å². The number of hydrogen-bond acceptors (Lipinski definition) is 4. The Morgan fingerprint density at radius 2 is 2.00 bits per heavy atom. The summed E-state index contributed by atoms with van der Waals surface area (Å²) in [6, 6.07) is 5.21. The molecule has 0 aliphatic carbocycles. The van der Waals surface area contributed by atoms with Crippen LogP contribution in [0.4, 0.5) is 5.82 Å². The molecule has 0 saturated carbocycles. The Labute approximate surface area is 136 Å². The highest BCUT2D eigenvalue weighted by Gasteiger charge is 2.17. The van der Waals surface area contributed by atoms with E-state index in [1.807, 2.05) is 32.2 Å². The molecule has 2 heterocycles. The van der Waals surface area contributed by atoms with Gasteiger partial charge in [-0.05, 0) is 30.0 Å². The minimum Gasteiger partial charge on any atom is -0.320 e. The number of anilines is 1. The van der Waals surface area contributed by atoms with Gasteiger partial charge in [-0.1, -0.05) is 13.8 Å². The molecular formula is C15H22ClN5O. The number of carbonyl (C=O) groups is 1. The van der Waals surface area contributed by atoms with Crippen LogP contribution in [0.5, 0.6) is 0 Å². The highest BCUT2D eigenvalue weighted by Crippen LogP contribution is 2.07. The molecule has 0 aliphatic heterocycles.